The first kappa shape index (κ1) is 29.1. The lowest BCUT2D eigenvalue weighted by Crippen LogP contribution is -2.16. The van der Waals surface area contributed by atoms with Crippen molar-refractivity contribution in [1.29, 1.82) is 0 Å². The van der Waals surface area contributed by atoms with E-state index in [-0.39, 0.29) is 17.1 Å². The molecular weight excluding hydrogens is 604 g/mol. The number of sulfonamides is 1. The zero-order valence-electron chi connectivity index (χ0n) is 22.8. The number of aromatic nitrogens is 1. The van der Waals surface area contributed by atoms with E-state index in [1.54, 1.807) is 32.5 Å². The van der Waals surface area contributed by atoms with E-state index in [0.29, 0.717) is 50.2 Å². The Morgan fingerprint density at radius 2 is 1.25 bits per heavy atom. The number of fused-ring (bicyclic) bond motifs is 1. The summed E-state index contributed by atoms with van der Waals surface area (Å²) in [5.41, 5.74) is 1.59. The van der Waals surface area contributed by atoms with Gasteiger partial charge in [0.25, 0.3) is 10.0 Å². The van der Waals surface area contributed by atoms with Gasteiger partial charge in [-0.1, -0.05) is 0 Å². The van der Waals surface area contributed by atoms with E-state index >= 15 is 0 Å². The molecule has 0 fully saturated rings. The second-order valence-corrected chi connectivity index (χ2v) is 11.0. The molecule has 1 aromatic heterocycles. The molecule has 0 saturated heterocycles. The van der Waals surface area contributed by atoms with Crippen LogP contribution >= 0.6 is 15.9 Å². The summed E-state index contributed by atoms with van der Waals surface area (Å²) in [6.07, 6.45) is 1.95. The standard InChI is InChI=1S/C28H29BrN2O8S/c1-34-22-10-16-7-8-30-21(18(16)12-24(22)36-3)9-17-11-23(35-2)26(38-5)14-20(17)31-40(32,33)28-15-27(39-6)25(37-4)13-19(28)29/h7-8,10-15,31H,9H2,1-6H3. The summed E-state index contributed by atoms with van der Waals surface area (Å²) in [4.78, 5) is 4.56. The number of nitrogens with one attached hydrogen (secondary N) is 1. The van der Waals surface area contributed by atoms with Gasteiger partial charge in [0.2, 0.25) is 0 Å². The first-order valence-electron chi connectivity index (χ1n) is 11.9. The van der Waals surface area contributed by atoms with E-state index < -0.39 is 10.0 Å². The summed E-state index contributed by atoms with van der Waals surface area (Å²) < 4.78 is 62.9. The van der Waals surface area contributed by atoms with E-state index in [0.717, 1.165) is 10.8 Å². The molecule has 0 aliphatic carbocycles. The van der Waals surface area contributed by atoms with Gasteiger partial charge in [-0.2, -0.15) is 0 Å². The predicted octanol–water partition coefficient (Wildman–Crippen LogP) is 5.44. The van der Waals surface area contributed by atoms with Crippen molar-refractivity contribution in [2.45, 2.75) is 11.3 Å². The summed E-state index contributed by atoms with van der Waals surface area (Å²) in [7, 11) is 4.93. The van der Waals surface area contributed by atoms with Crippen LogP contribution in [0.1, 0.15) is 11.3 Å². The number of anilines is 1. The molecule has 12 heteroatoms. The molecule has 0 radical (unpaired) electrons. The van der Waals surface area contributed by atoms with E-state index in [1.165, 1.54) is 40.6 Å². The van der Waals surface area contributed by atoms with Crippen LogP contribution in [0.15, 0.2) is 58.0 Å². The molecule has 0 spiro atoms. The number of benzene rings is 3. The molecule has 40 heavy (non-hydrogen) atoms. The maximum absolute atomic E-state index is 13.7. The molecule has 0 aliphatic rings. The molecule has 0 saturated carbocycles. The second-order valence-electron chi connectivity index (χ2n) is 8.47. The Hall–Kier alpha value is -3.90. The molecule has 0 aliphatic heterocycles. The minimum absolute atomic E-state index is 0.0361. The Morgan fingerprint density at radius 3 is 1.88 bits per heavy atom. The fraction of sp³-hybridized carbons (Fsp3) is 0.250. The smallest absolute Gasteiger partial charge is 0.263 e. The molecule has 0 bridgehead atoms. The third-order valence-corrected chi connectivity index (χ3v) is 8.61. The summed E-state index contributed by atoms with van der Waals surface area (Å²) in [6.45, 7) is 0. The van der Waals surface area contributed by atoms with Crippen molar-refractivity contribution in [3.63, 3.8) is 0 Å². The van der Waals surface area contributed by atoms with Crippen molar-refractivity contribution < 1.29 is 36.8 Å². The maximum Gasteiger partial charge on any atom is 0.263 e. The van der Waals surface area contributed by atoms with Gasteiger partial charge < -0.3 is 28.4 Å². The van der Waals surface area contributed by atoms with Gasteiger partial charge in [-0.15, -0.1) is 0 Å². The minimum atomic E-state index is -4.11. The van der Waals surface area contributed by atoms with Crippen LogP contribution in [0.4, 0.5) is 5.69 Å². The monoisotopic (exact) mass is 632 g/mol. The number of pyridine rings is 1. The third-order valence-electron chi connectivity index (χ3n) is 6.29. The fourth-order valence-electron chi connectivity index (χ4n) is 4.28. The van der Waals surface area contributed by atoms with Crippen LogP contribution in [0.2, 0.25) is 0 Å². The molecule has 0 atom stereocenters. The quantitative estimate of drug-likeness (QED) is 0.231. The largest absolute Gasteiger partial charge is 0.493 e. The topological polar surface area (TPSA) is 114 Å². The molecule has 1 N–H and O–H groups in total. The molecule has 3 aromatic carbocycles. The molecule has 212 valence electrons. The highest BCUT2D eigenvalue weighted by Crippen LogP contribution is 2.40. The highest BCUT2D eigenvalue weighted by Gasteiger charge is 2.24. The first-order valence-corrected chi connectivity index (χ1v) is 14.2. The van der Waals surface area contributed by atoms with Gasteiger partial charge in [0.05, 0.1) is 54.0 Å². The number of ether oxygens (including phenoxy) is 6. The van der Waals surface area contributed by atoms with Crippen LogP contribution in [-0.2, 0) is 16.4 Å². The van der Waals surface area contributed by atoms with E-state index in [4.69, 9.17) is 28.4 Å². The molecule has 0 unspecified atom stereocenters. The lowest BCUT2D eigenvalue weighted by atomic mass is 10.0. The Morgan fingerprint density at radius 1 is 0.725 bits per heavy atom. The molecule has 1 heterocycles. The summed E-state index contributed by atoms with van der Waals surface area (Å²) in [6, 6.07) is 11.8. The Bertz CT molecular complexity index is 1660. The Labute approximate surface area is 241 Å². The molecule has 0 amide bonds. The maximum atomic E-state index is 13.7. The number of hydrogen-bond donors (Lipinski definition) is 1. The van der Waals surface area contributed by atoms with Gasteiger partial charge >= 0.3 is 0 Å². The van der Waals surface area contributed by atoms with Crippen LogP contribution in [0, 0.1) is 0 Å². The van der Waals surface area contributed by atoms with E-state index in [1.807, 2.05) is 18.2 Å². The normalized spacial score (nSPS) is 11.2. The Balaban J connectivity index is 1.84. The zero-order valence-corrected chi connectivity index (χ0v) is 25.2. The lowest BCUT2D eigenvalue weighted by molar-refractivity contribution is 0.353. The SMILES string of the molecule is COc1cc(Br)c(S(=O)(=O)Nc2cc(OC)c(OC)cc2Cc2nccc3cc(OC)c(OC)cc23)cc1OC. The van der Waals surface area contributed by atoms with Gasteiger partial charge in [0, 0.05) is 34.6 Å². The van der Waals surface area contributed by atoms with Crippen LogP contribution < -0.4 is 33.1 Å². The van der Waals surface area contributed by atoms with Gasteiger partial charge in [-0.3, -0.25) is 9.71 Å². The predicted molar refractivity (Wildman–Crippen MR) is 155 cm³/mol. The minimum Gasteiger partial charge on any atom is -0.493 e. The Kier molecular flexibility index (Phi) is 8.79. The molecule has 10 nitrogen and oxygen atoms in total. The van der Waals surface area contributed by atoms with Crippen LogP contribution in [0.5, 0.6) is 34.5 Å². The van der Waals surface area contributed by atoms with Crippen LogP contribution in [-0.4, -0.2) is 56.1 Å². The number of rotatable bonds is 11. The second kappa shape index (κ2) is 12.1. The summed E-state index contributed by atoms with van der Waals surface area (Å²) in [5.74, 6) is 2.58. The van der Waals surface area contributed by atoms with Crippen molar-refractivity contribution >= 4 is 42.4 Å². The fourth-order valence-corrected chi connectivity index (χ4v) is 6.41. The van der Waals surface area contributed by atoms with E-state index in [2.05, 4.69) is 25.6 Å². The lowest BCUT2D eigenvalue weighted by Gasteiger charge is -2.18. The van der Waals surface area contributed by atoms with Crippen LogP contribution in [0.25, 0.3) is 10.8 Å². The van der Waals surface area contributed by atoms with Crippen molar-refractivity contribution in [3.05, 3.63) is 64.4 Å². The van der Waals surface area contributed by atoms with Gasteiger partial charge in [0.1, 0.15) is 4.90 Å². The van der Waals surface area contributed by atoms with Gasteiger partial charge in [0.15, 0.2) is 34.5 Å². The molecular formula is C28H29BrN2O8S. The molecule has 4 aromatic rings. The van der Waals surface area contributed by atoms with Crippen LogP contribution in [0.3, 0.4) is 0 Å². The highest BCUT2D eigenvalue weighted by molar-refractivity contribution is 9.10. The number of hydrogen-bond acceptors (Lipinski definition) is 9. The van der Waals surface area contributed by atoms with Gasteiger partial charge in [-0.25, -0.2) is 8.42 Å². The van der Waals surface area contributed by atoms with Crippen molar-refractivity contribution in [3.8, 4) is 34.5 Å². The first-order chi connectivity index (χ1) is 19.2. The average molecular weight is 634 g/mol. The summed E-state index contributed by atoms with van der Waals surface area (Å²) >= 11 is 3.34. The third kappa shape index (κ3) is 5.68. The van der Waals surface area contributed by atoms with Crippen molar-refractivity contribution in [2.24, 2.45) is 0 Å². The van der Waals surface area contributed by atoms with Crippen molar-refractivity contribution in [2.75, 3.05) is 47.4 Å². The summed E-state index contributed by atoms with van der Waals surface area (Å²) in [5, 5.41) is 1.71. The molecule has 4 rings (SSSR count). The zero-order chi connectivity index (χ0) is 29.0. The average Bonchev–Trinajstić information content (AvgIpc) is 2.96. The number of halogens is 1. The van der Waals surface area contributed by atoms with Crippen molar-refractivity contribution in [1.82, 2.24) is 4.98 Å². The number of nitrogens with zero attached hydrogens (tertiary/aromatic N) is 1. The van der Waals surface area contributed by atoms with E-state index in [9.17, 15) is 8.42 Å². The highest BCUT2D eigenvalue weighted by atomic mass is 79.9. The number of methoxy groups -OCH3 is 6. The van der Waals surface area contributed by atoms with Gasteiger partial charge in [-0.05, 0) is 57.2 Å².